The number of rotatable bonds is 8. The van der Waals surface area contributed by atoms with E-state index in [-0.39, 0.29) is 24.3 Å². The monoisotopic (exact) mass is 506 g/mol. The third-order valence-corrected chi connectivity index (χ3v) is 7.18. The molecule has 196 valence electrons. The molecule has 3 aromatic rings. The number of nitrogens with zero attached hydrogens (tertiary/aromatic N) is 4. The van der Waals surface area contributed by atoms with Gasteiger partial charge in [-0.3, -0.25) is 14.3 Å². The number of benzene rings is 1. The zero-order valence-electron chi connectivity index (χ0n) is 21.5. The number of fused-ring (bicyclic) bond motifs is 1. The van der Waals surface area contributed by atoms with Crippen LogP contribution in [0.5, 0.6) is 5.75 Å². The third-order valence-electron chi connectivity index (χ3n) is 7.18. The Bertz CT molecular complexity index is 1300. The molecule has 10 heteroatoms. The minimum Gasteiger partial charge on any atom is -0.494 e. The van der Waals surface area contributed by atoms with Gasteiger partial charge < -0.3 is 25.4 Å². The summed E-state index contributed by atoms with van der Waals surface area (Å²) in [6.45, 7) is 5.04. The fourth-order valence-corrected chi connectivity index (χ4v) is 4.79. The fourth-order valence-electron chi connectivity index (χ4n) is 4.79. The van der Waals surface area contributed by atoms with Crippen LogP contribution < -0.4 is 15.4 Å². The lowest BCUT2D eigenvalue weighted by molar-refractivity contribution is -0.134. The maximum absolute atomic E-state index is 12.9. The van der Waals surface area contributed by atoms with Crippen molar-refractivity contribution in [1.82, 2.24) is 19.7 Å². The molecule has 3 N–H and O–H groups in total. The largest absolute Gasteiger partial charge is 0.494 e. The van der Waals surface area contributed by atoms with Gasteiger partial charge in [-0.15, -0.1) is 0 Å². The molecule has 2 aliphatic rings. The Morgan fingerprint density at radius 1 is 1.16 bits per heavy atom. The normalized spacial score (nSPS) is 16.6. The lowest BCUT2D eigenvalue weighted by Crippen LogP contribution is -2.45. The molecule has 0 radical (unpaired) electrons. The molecule has 0 spiro atoms. The number of ether oxygens (including phenoxy) is 1. The van der Waals surface area contributed by atoms with Crippen molar-refractivity contribution < 1.29 is 19.4 Å². The maximum atomic E-state index is 12.9. The highest BCUT2D eigenvalue weighted by Gasteiger charge is 2.32. The van der Waals surface area contributed by atoms with E-state index in [1.54, 1.807) is 35.1 Å². The zero-order valence-corrected chi connectivity index (χ0v) is 21.5. The van der Waals surface area contributed by atoms with Crippen molar-refractivity contribution in [2.24, 2.45) is 5.92 Å². The Morgan fingerprint density at radius 2 is 1.92 bits per heavy atom. The van der Waals surface area contributed by atoms with E-state index in [1.807, 2.05) is 24.8 Å². The molecule has 1 saturated carbocycles. The average Bonchev–Trinajstić information content (AvgIpc) is 3.60. The summed E-state index contributed by atoms with van der Waals surface area (Å²) in [4.78, 5) is 32.1. The van der Waals surface area contributed by atoms with Crippen LogP contribution >= 0.6 is 0 Å². The number of likely N-dealkylation sites (tertiary alicyclic amines) is 1. The minimum atomic E-state index is -0.729. The van der Waals surface area contributed by atoms with E-state index in [0.717, 1.165) is 31.1 Å². The summed E-state index contributed by atoms with van der Waals surface area (Å²) in [7, 11) is 1.53. The summed E-state index contributed by atoms with van der Waals surface area (Å²) in [6, 6.07) is 9.32. The van der Waals surface area contributed by atoms with Gasteiger partial charge in [0.2, 0.25) is 5.91 Å². The molecule has 1 aliphatic heterocycles. The molecule has 1 aliphatic carbocycles. The second kappa shape index (κ2) is 10.0. The first-order valence-corrected chi connectivity index (χ1v) is 12.8. The second-order valence-corrected chi connectivity index (χ2v) is 10.5. The van der Waals surface area contributed by atoms with Crippen LogP contribution in [0.1, 0.15) is 50.0 Å². The minimum absolute atomic E-state index is 0.00624. The molecule has 1 saturated heterocycles. The topological polar surface area (TPSA) is 122 Å². The van der Waals surface area contributed by atoms with Gasteiger partial charge in [-0.25, -0.2) is 4.98 Å². The molecule has 0 bridgehead atoms. The number of aromatic nitrogens is 3. The molecule has 2 fully saturated rings. The quantitative estimate of drug-likeness (QED) is 0.429. The number of carbonyl (C=O) groups is 2. The highest BCUT2D eigenvalue weighted by atomic mass is 16.5. The van der Waals surface area contributed by atoms with Crippen LogP contribution in [0.25, 0.3) is 10.9 Å². The summed E-state index contributed by atoms with van der Waals surface area (Å²) < 4.78 is 7.13. The van der Waals surface area contributed by atoms with Crippen molar-refractivity contribution >= 4 is 34.2 Å². The van der Waals surface area contributed by atoms with Crippen LogP contribution in [0, 0.1) is 5.92 Å². The molecule has 0 atom stereocenters. The van der Waals surface area contributed by atoms with Gasteiger partial charge in [-0.1, -0.05) is 6.07 Å². The van der Waals surface area contributed by atoms with Crippen molar-refractivity contribution in [1.29, 1.82) is 0 Å². The smallest absolute Gasteiger partial charge is 0.274 e. The molecule has 2 amide bonds. The van der Waals surface area contributed by atoms with Crippen molar-refractivity contribution in [3.05, 3.63) is 42.2 Å². The summed E-state index contributed by atoms with van der Waals surface area (Å²) in [6.07, 6.45) is 5.60. The van der Waals surface area contributed by atoms with Gasteiger partial charge >= 0.3 is 0 Å². The van der Waals surface area contributed by atoms with Gasteiger partial charge in [0.1, 0.15) is 23.8 Å². The molecular formula is C27H34N6O4. The Balaban J connectivity index is 1.27. The summed E-state index contributed by atoms with van der Waals surface area (Å²) in [5, 5.41) is 21.8. The Morgan fingerprint density at radius 3 is 2.59 bits per heavy atom. The number of methoxy groups -OCH3 is 1. The summed E-state index contributed by atoms with van der Waals surface area (Å²) >= 11 is 0. The lowest BCUT2D eigenvalue weighted by atomic mass is 9.83. The van der Waals surface area contributed by atoms with Gasteiger partial charge in [-0.05, 0) is 63.6 Å². The van der Waals surface area contributed by atoms with Crippen molar-refractivity contribution in [3.8, 4) is 5.75 Å². The number of anilines is 2. The van der Waals surface area contributed by atoms with E-state index in [1.165, 1.54) is 7.11 Å². The van der Waals surface area contributed by atoms with Crippen LogP contribution in [0.3, 0.4) is 0 Å². The SMILES string of the molecule is COc1cc2nn(CC(=O)N3CCC(C(C)(C)O)CC3)cc2cc1NC(=O)c1cccc(NC2CC2)n1. The molecule has 10 nitrogen and oxygen atoms in total. The van der Waals surface area contributed by atoms with Gasteiger partial charge in [0.15, 0.2) is 0 Å². The molecular weight excluding hydrogens is 472 g/mol. The number of hydrogen-bond donors (Lipinski definition) is 3. The van der Waals surface area contributed by atoms with Gasteiger partial charge in [0, 0.05) is 36.8 Å². The average molecular weight is 507 g/mol. The molecule has 5 rings (SSSR count). The van der Waals surface area contributed by atoms with Gasteiger partial charge in [0.25, 0.3) is 5.91 Å². The molecule has 1 aromatic carbocycles. The second-order valence-electron chi connectivity index (χ2n) is 10.5. The van der Waals surface area contributed by atoms with Crippen molar-refractivity contribution in [2.75, 3.05) is 30.8 Å². The number of nitrogens with one attached hydrogen (secondary N) is 2. The van der Waals surface area contributed by atoms with Crippen molar-refractivity contribution in [2.45, 2.75) is 57.7 Å². The standard InChI is InChI=1S/C27H34N6O4/c1-27(2,36)18-9-11-32(12-10-18)25(34)16-33-15-17-13-22(23(37-3)14-21(17)31-33)30-26(35)20-5-4-6-24(29-20)28-19-7-8-19/h4-6,13-15,18-19,36H,7-12,16H2,1-3H3,(H,28,29)(H,30,35). The Hall–Kier alpha value is -3.66. The van der Waals surface area contributed by atoms with E-state index in [9.17, 15) is 14.7 Å². The Kier molecular flexibility index (Phi) is 6.76. The van der Waals surface area contributed by atoms with E-state index in [0.29, 0.717) is 47.6 Å². The van der Waals surface area contributed by atoms with Crippen LogP contribution in [-0.2, 0) is 11.3 Å². The predicted molar refractivity (Wildman–Crippen MR) is 141 cm³/mol. The van der Waals surface area contributed by atoms with E-state index in [2.05, 4.69) is 20.7 Å². The summed E-state index contributed by atoms with van der Waals surface area (Å²) in [5.41, 5.74) is 0.745. The highest BCUT2D eigenvalue weighted by molar-refractivity contribution is 6.05. The molecule has 0 unspecified atom stereocenters. The van der Waals surface area contributed by atoms with Crippen LogP contribution in [0.2, 0.25) is 0 Å². The third kappa shape index (κ3) is 5.85. The first kappa shape index (κ1) is 25.0. The first-order chi connectivity index (χ1) is 17.7. The number of pyridine rings is 1. The molecule has 3 heterocycles. The number of hydrogen-bond acceptors (Lipinski definition) is 7. The van der Waals surface area contributed by atoms with Crippen LogP contribution in [0.15, 0.2) is 36.5 Å². The lowest BCUT2D eigenvalue weighted by Gasteiger charge is -2.37. The highest BCUT2D eigenvalue weighted by Crippen LogP contribution is 2.31. The molecule has 37 heavy (non-hydrogen) atoms. The van der Waals surface area contributed by atoms with E-state index in [4.69, 9.17) is 4.74 Å². The first-order valence-electron chi connectivity index (χ1n) is 12.8. The van der Waals surface area contributed by atoms with Crippen molar-refractivity contribution in [3.63, 3.8) is 0 Å². The van der Waals surface area contributed by atoms with Crippen LogP contribution in [-0.4, -0.2) is 68.4 Å². The predicted octanol–water partition coefficient (Wildman–Crippen LogP) is 3.28. The number of aliphatic hydroxyl groups is 1. The van der Waals surface area contributed by atoms with E-state index < -0.39 is 5.60 Å². The zero-order chi connectivity index (χ0) is 26.2. The van der Waals surface area contributed by atoms with E-state index >= 15 is 0 Å². The summed E-state index contributed by atoms with van der Waals surface area (Å²) in [5.74, 6) is 1.01. The van der Waals surface area contributed by atoms with Gasteiger partial charge in [0.05, 0.1) is 23.9 Å². The van der Waals surface area contributed by atoms with Crippen LogP contribution in [0.4, 0.5) is 11.5 Å². The number of amides is 2. The molecule has 2 aromatic heterocycles. The Labute approximate surface area is 216 Å². The fraction of sp³-hybridized carbons (Fsp3) is 0.481. The number of piperidine rings is 1. The maximum Gasteiger partial charge on any atom is 0.274 e. The number of carbonyl (C=O) groups excluding carboxylic acids is 2. The van der Waals surface area contributed by atoms with Gasteiger partial charge in [-0.2, -0.15) is 5.10 Å².